The van der Waals surface area contributed by atoms with Crippen LogP contribution in [0.2, 0.25) is 0 Å². The molecule has 0 bridgehead atoms. The zero-order valence-corrected chi connectivity index (χ0v) is 15.4. The Morgan fingerprint density at radius 2 is 2.09 bits per heavy atom. The Kier molecular flexibility index (Phi) is 6.41. The second-order valence-electron chi connectivity index (χ2n) is 5.66. The summed E-state index contributed by atoms with van der Waals surface area (Å²) in [6.07, 6.45) is 0. The summed E-state index contributed by atoms with van der Waals surface area (Å²) in [4.78, 5) is 11.9. The third-order valence-electron chi connectivity index (χ3n) is 3.04. The molecule has 0 fully saturated rings. The van der Waals surface area contributed by atoms with Crippen molar-refractivity contribution in [3.63, 3.8) is 0 Å². The summed E-state index contributed by atoms with van der Waals surface area (Å²) in [7, 11) is 0. The van der Waals surface area contributed by atoms with Crippen molar-refractivity contribution in [1.82, 2.24) is 10.2 Å². The quantitative estimate of drug-likeness (QED) is 0.605. The van der Waals surface area contributed by atoms with Crippen LogP contribution in [0.1, 0.15) is 25.0 Å². The summed E-state index contributed by atoms with van der Waals surface area (Å²) in [5.41, 5.74) is 2.33. The molecular formula is C16H21N3O2S2. The highest BCUT2D eigenvalue weighted by molar-refractivity contribution is 8.01. The Balaban J connectivity index is 1.81. The molecule has 1 aromatic heterocycles. The van der Waals surface area contributed by atoms with Gasteiger partial charge in [0.2, 0.25) is 5.13 Å². The highest BCUT2D eigenvalue weighted by Crippen LogP contribution is 2.26. The topological polar surface area (TPSA) is 64.1 Å². The minimum Gasteiger partial charge on any atom is -0.484 e. The second-order valence-corrected chi connectivity index (χ2v) is 7.91. The minimum absolute atomic E-state index is 0.0451. The van der Waals surface area contributed by atoms with Gasteiger partial charge in [-0.2, -0.15) is 0 Å². The number of ether oxygens (including phenoxy) is 1. The maximum atomic E-state index is 11.9. The van der Waals surface area contributed by atoms with Crippen LogP contribution >= 0.6 is 23.1 Å². The first kappa shape index (κ1) is 17.7. The number of aromatic nitrogens is 2. The highest BCUT2D eigenvalue weighted by atomic mass is 32.2. The van der Waals surface area contributed by atoms with E-state index in [1.54, 1.807) is 11.8 Å². The van der Waals surface area contributed by atoms with Gasteiger partial charge in [-0.05, 0) is 43.0 Å². The van der Waals surface area contributed by atoms with Crippen molar-refractivity contribution in [1.29, 1.82) is 0 Å². The lowest BCUT2D eigenvalue weighted by Crippen LogP contribution is -2.20. The zero-order chi connectivity index (χ0) is 16.8. The number of carbonyl (C=O) groups is 1. The number of anilines is 1. The Labute approximate surface area is 144 Å². The van der Waals surface area contributed by atoms with E-state index in [4.69, 9.17) is 4.74 Å². The first-order valence-corrected chi connectivity index (χ1v) is 9.20. The summed E-state index contributed by atoms with van der Waals surface area (Å²) in [5, 5.41) is 11.3. The van der Waals surface area contributed by atoms with Gasteiger partial charge in [-0.3, -0.25) is 10.1 Å². The Morgan fingerprint density at radius 1 is 1.30 bits per heavy atom. The molecule has 0 saturated heterocycles. The van der Waals surface area contributed by atoms with Gasteiger partial charge in [0, 0.05) is 5.75 Å². The molecular weight excluding hydrogens is 330 g/mol. The SMILES string of the molecule is Cc1ccc(OCC(=O)Nc2nnc(SCC(C)C)s2)cc1C. The van der Waals surface area contributed by atoms with Crippen molar-refractivity contribution in [3.8, 4) is 5.75 Å². The molecule has 1 aromatic carbocycles. The van der Waals surface area contributed by atoms with E-state index in [1.807, 2.05) is 32.0 Å². The first-order valence-electron chi connectivity index (χ1n) is 7.40. The molecule has 7 heteroatoms. The summed E-state index contributed by atoms with van der Waals surface area (Å²) in [5.74, 6) is 2.03. The summed E-state index contributed by atoms with van der Waals surface area (Å²) >= 11 is 3.03. The number of hydrogen-bond acceptors (Lipinski definition) is 6. The first-order chi connectivity index (χ1) is 10.9. The van der Waals surface area contributed by atoms with E-state index in [1.165, 1.54) is 16.9 Å². The van der Waals surface area contributed by atoms with Gasteiger partial charge in [0.05, 0.1) is 0 Å². The van der Waals surface area contributed by atoms with Gasteiger partial charge >= 0.3 is 0 Å². The fourth-order valence-corrected chi connectivity index (χ4v) is 3.41. The molecule has 0 aliphatic heterocycles. The fourth-order valence-electron chi connectivity index (χ4n) is 1.66. The molecule has 1 N–H and O–H groups in total. The van der Waals surface area contributed by atoms with Crippen molar-refractivity contribution in [3.05, 3.63) is 29.3 Å². The van der Waals surface area contributed by atoms with Gasteiger partial charge in [-0.15, -0.1) is 10.2 Å². The average molecular weight is 351 g/mol. The Hall–Kier alpha value is -1.60. The molecule has 0 aliphatic rings. The van der Waals surface area contributed by atoms with Crippen molar-refractivity contribution < 1.29 is 9.53 Å². The van der Waals surface area contributed by atoms with E-state index < -0.39 is 0 Å². The normalized spacial score (nSPS) is 10.8. The fraction of sp³-hybridized carbons (Fsp3) is 0.438. The largest absolute Gasteiger partial charge is 0.484 e. The van der Waals surface area contributed by atoms with Crippen LogP contribution in [0.3, 0.4) is 0 Å². The maximum absolute atomic E-state index is 11.9. The van der Waals surface area contributed by atoms with Crippen LogP contribution in [-0.2, 0) is 4.79 Å². The third-order valence-corrected chi connectivity index (χ3v) is 5.44. The summed E-state index contributed by atoms with van der Waals surface area (Å²) < 4.78 is 6.37. The third kappa shape index (κ3) is 5.84. The van der Waals surface area contributed by atoms with Crippen molar-refractivity contribution in [2.75, 3.05) is 17.7 Å². The predicted molar refractivity (Wildman–Crippen MR) is 95.5 cm³/mol. The molecule has 0 spiro atoms. The van der Waals surface area contributed by atoms with E-state index in [2.05, 4.69) is 29.4 Å². The molecule has 0 saturated carbocycles. The molecule has 0 unspecified atom stereocenters. The molecule has 1 amide bonds. The Bertz CT molecular complexity index is 671. The summed E-state index contributed by atoms with van der Waals surface area (Å²) in [6.45, 7) is 8.31. The number of benzene rings is 1. The number of amides is 1. The molecule has 2 rings (SSSR count). The Morgan fingerprint density at radius 3 is 2.78 bits per heavy atom. The second kappa shape index (κ2) is 8.31. The van der Waals surface area contributed by atoms with Crippen LogP contribution in [0.15, 0.2) is 22.5 Å². The molecule has 1 heterocycles. The van der Waals surface area contributed by atoms with Crippen LogP contribution < -0.4 is 10.1 Å². The van der Waals surface area contributed by atoms with Crippen molar-refractivity contribution in [2.45, 2.75) is 32.0 Å². The van der Waals surface area contributed by atoms with Crippen LogP contribution in [0.25, 0.3) is 0 Å². The lowest BCUT2D eigenvalue weighted by atomic mass is 10.1. The van der Waals surface area contributed by atoms with Gasteiger partial charge in [0.25, 0.3) is 5.91 Å². The van der Waals surface area contributed by atoms with Crippen LogP contribution in [0.4, 0.5) is 5.13 Å². The molecule has 124 valence electrons. The van der Waals surface area contributed by atoms with Crippen molar-refractivity contribution in [2.24, 2.45) is 5.92 Å². The number of carbonyl (C=O) groups excluding carboxylic acids is 1. The van der Waals surface area contributed by atoms with Gasteiger partial charge < -0.3 is 4.74 Å². The molecule has 0 radical (unpaired) electrons. The molecule has 5 nitrogen and oxygen atoms in total. The molecule has 23 heavy (non-hydrogen) atoms. The predicted octanol–water partition coefficient (Wildman–Crippen LogP) is 3.92. The summed E-state index contributed by atoms with van der Waals surface area (Å²) in [6, 6.07) is 5.76. The van der Waals surface area contributed by atoms with E-state index in [9.17, 15) is 4.79 Å². The smallest absolute Gasteiger partial charge is 0.264 e. The minimum atomic E-state index is -0.236. The average Bonchev–Trinajstić information content (AvgIpc) is 2.94. The van der Waals surface area contributed by atoms with Crippen LogP contribution in [-0.4, -0.2) is 28.5 Å². The van der Waals surface area contributed by atoms with E-state index in [0.29, 0.717) is 16.8 Å². The molecule has 0 atom stereocenters. The number of nitrogens with one attached hydrogen (secondary N) is 1. The monoisotopic (exact) mass is 351 g/mol. The number of rotatable bonds is 7. The molecule has 0 aliphatic carbocycles. The standard InChI is InChI=1S/C16H21N3O2S2/c1-10(2)9-22-16-19-18-15(23-16)17-14(20)8-21-13-6-5-11(3)12(4)7-13/h5-7,10H,8-9H2,1-4H3,(H,17,18,20). The van der Waals surface area contributed by atoms with Gasteiger partial charge in [-0.25, -0.2) is 0 Å². The van der Waals surface area contributed by atoms with E-state index >= 15 is 0 Å². The number of aryl methyl sites for hydroxylation is 2. The van der Waals surface area contributed by atoms with Crippen LogP contribution in [0, 0.1) is 19.8 Å². The maximum Gasteiger partial charge on any atom is 0.264 e. The number of thioether (sulfide) groups is 1. The van der Waals surface area contributed by atoms with Gasteiger partial charge in [-0.1, -0.05) is 43.0 Å². The highest BCUT2D eigenvalue weighted by Gasteiger charge is 2.10. The van der Waals surface area contributed by atoms with Crippen LogP contribution in [0.5, 0.6) is 5.75 Å². The number of hydrogen-bond donors (Lipinski definition) is 1. The lowest BCUT2D eigenvalue weighted by molar-refractivity contribution is -0.118. The van der Waals surface area contributed by atoms with Gasteiger partial charge in [0.1, 0.15) is 5.75 Å². The van der Waals surface area contributed by atoms with Gasteiger partial charge in [0.15, 0.2) is 10.9 Å². The zero-order valence-electron chi connectivity index (χ0n) is 13.8. The number of nitrogens with zero attached hydrogens (tertiary/aromatic N) is 2. The van der Waals surface area contributed by atoms with E-state index in [0.717, 1.165) is 15.7 Å². The lowest BCUT2D eigenvalue weighted by Gasteiger charge is -2.07. The van der Waals surface area contributed by atoms with Crippen molar-refractivity contribution >= 4 is 34.1 Å². The molecule has 2 aromatic rings. The van der Waals surface area contributed by atoms with E-state index in [-0.39, 0.29) is 12.5 Å².